The highest BCUT2D eigenvalue weighted by Gasteiger charge is 2.10. The van der Waals surface area contributed by atoms with Crippen molar-refractivity contribution in [1.82, 2.24) is 24.7 Å². The number of benzene rings is 1. The van der Waals surface area contributed by atoms with Crippen LogP contribution in [0.5, 0.6) is 0 Å². The molecule has 0 saturated heterocycles. The maximum Gasteiger partial charge on any atom is 0.241 e. The first-order valence-electron chi connectivity index (χ1n) is 4.67. The molecule has 0 fully saturated rings. The van der Waals surface area contributed by atoms with Crippen molar-refractivity contribution in [2.24, 2.45) is 0 Å². The average molecular weight is 215 g/mol. The Kier molecular flexibility index (Phi) is 1.61. The van der Waals surface area contributed by atoms with E-state index >= 15 is 0 Å². The van der Waals surface area contributed by atoms with Gasteiger partial charge in [0.2, 0.25) is 17.8 Å². The molecule has 0 radical (unpaired) electrons. The van der Waals surface area contributed by atoms with Gasteiger partial charge in [0.25, 0.3) is 0 Å². The zero-order valence-corrected chi connectivity index (χ0v) is 8.25. The number of imidazole rings is 1. The Morgan fingerprint density at radius 1 is 1.12 bits per heavy atom. The van der Waals surface area contributed by atoms with Gasteiger partial charge in [0.1, 0.15) is 0 Å². The Labute approximate surface area is 90.1 Å². The molecular weight excluding hydrogens is 206 g/mol. The highest BCUT2D eigenvalue weighted by Crippen LogP contribution is 2.14. The lowest BCUT2D eigenvalue weighted by molar-refractivity contribution is 0.842. The van der Waals surface area contributed by atoms with Crippen LogP contribution < -0.4 is 11.5 Å². The summed E-state index contributed by atoms with van der Waals surface area (Å²) in [5, 5.41) is 3.94. The lowest BCUT2D eigenvalue weighted by atomic mass is 10.3. The Balaban J connectivity index is 2.22. The van der Waals surface area contributed by atoms with Gasteiger partial charge in [-0.3, -0.25) is 0 Å². The van der Waals surface area contributed by atoms with E-state index in [1.807, 2.05) is 24.3 Å². The van der Waals surface area contributed by atoms with Crippen LogP contribution in [0, 0.1) is 0 Å². The van der Waals surface area contributed by atoms with Crippen LogP contribution >= 0.6 is 0 Å². The molecule has 0 saturated carbocycles. The van der Waals surface area contributed by atoms with Crippen molar-refractivity contribution in [3.8, 4) is 5.95 Å². The molecule has 2 heterocycles. The zero-order valence-electron chi connectivity index (χ0n) is 8.25. The van der Waals surface area contributed by atoms with Crippen LogP contribution in [-0.4, -0.2) is 24.7 Å². The lowest BCUT2D eigenvalue weighted by Gasteiger charge is -1.94. The van der Waals surface area contributed by atoms with E-state index in [9.17, 15) is 0 Å². The van der Waals surface area contributed by atoms with Crippen molar-refractivity contribution >= 4 is 22.9 Å². The van der Waals surface area contributed by atoms with Crippen LogP contribution in [0.4, 0.5) is 11.9 Å². The number of nitrogen functional groups attached to an aromatic ring is 2. The van der Waals surface area contributed by atoms with Crippen LogP contribution in [0.1, 0.15) is 0 Å². The highest BCUT2D eigenvalue weighted by molar-refractivity contribution is 5.76. The Hall–Kier alpha value is -2.57. The summed E-state index contributed by atoms with van der Waals surface area (Å²) in [5.41, 5.74) is 12.8. The van der Waals surface area contributed by atoms with Crippen molar-refractivity contribution in [3.05, 3.63) is 24.3 Å². The highest BCUT2D eigenvalue weighted by atomic mass is 15.4. The minimum atomic E-state index is 0.123. The molecule has 16 heavy (non-hydrogen) atoms. The molecule has 0 unspecified atom stereocenters. The zero-order chi connectivity index (χ0) is 11.1. The fourth-order valence-corrected chi connectivity index (χ4v) is 1.54. The molecular formula is C9H9N7. The molecule has 0 aliphatic carbocycles. The summed E-state index contributed by atoms with van der Waals surface area (Å²) in [5.74, 6) is 0.831. The number of anilines is 2. The fourth-order valence-electron chi connectivity index (χ4n) is 1.54. The Bertz CT molecular complexity index is 618. The quantitative estimate of drug-likeness (QED) is 0.540. The number of nitrogens with zero attached hydrogens (tertiary/aromatic N) is 4. The topological polar surface area (TPSA) is 111 Å². The molecule has 3 aromatic rings. The molecule has 0 aliphatic rings. The second kappa shape index (κ2) is 2.96. The van der Waals surface area contributed by atoms with Gasteiger partial charge in [0.05, 0.1) is 11.0 Å². The molecule has 80 valence electrons. The number of nitrogens with one attached hydrogen (secondary N) is 1. The fraction of sp³-hybridized carbons (Fsp3) is 0. The molecule has 0 atom stereocenters. The van der Waals surface area contributed by atoms with Crippen LogP contribution in [0.15, 0.2) is 24.3 Å². The minimum Gasteiger partial charge on any atom is -0.368 e. The number of aromatic nitrogens is 5. The van der Waals surface area contributed by atoms with Crippen molar-refractivity contribution in [2.45, 2.75) is 0 Å². The van der Waals surface area contributed by atoms with Crippen LogP contribution in [0.25, 0.3) is 17.0 Å². The van der Waals surface area contributed by atoms with Crippen molar-refractivity contribution in [2.75, 3.05) is 11.5 Å². The van der Waals surface area contributed by atoms with E-state index in [1.165, 1.54) is 4.68 Å². The van der Waals surface area contributed by atoms with Crippen LogP contribution in [-0.2, 0) is 0 Å². The molecule has 0 amide bonds. The van der Waals surface area contributed by atoms with E-state index < -0.39 is 0 Å². The van der Waals surface area contributed by atoms with Gasteiger partial charge < -0.3 is 16.5 Å². The second-order valence-corrected chi connectivity index (χ2v) is 3.32. The van der Waals surface area contributed by atoms with E-state index in [0.717, 1.165) is 11.0 Å². The molecule has 0 spiro atoms. The third-order valence-electron chi connectivity index (χ3n) is 2.23. The number of para-hydroxylation sites is 2. The molecule has 7 heteroatoms. The van der Waals surface area contributed by atoms with Crippen molar-refractivity contribution in [1.29, 1.82) is 0 Å². The second-order valence-electron chi connectivity index (χ2n) is 3.32. The minimum absolute atomic E-state index is 0.123. The Morgan fingerprint density at radius 3 is 2.62 bits per heavy atom. The van der Waals surface area contributed by atoms with Gasteiger partial charge in [0.15, 0.2) is 0 Å². The predicted octanol–water partition coefficient (Wildman–Crippen LogP) is 0.308. The normalized spacial score (nSPS) is 11.0. The Morgan fingerprint density at radius 2 is 1.94 bits per heavy atom. The first kappa shape index (κ1) is 8.72. The summed E-state index contributed by atoms with van der Waals surface area (Å²) in [4.78, 5) is 11.2. The maximum absolute atomic E-state index is 5.64. The lowest BCUT2D eigenvalue weighted by Crippen LogP contribution is -2.04. The van der Waals surface area contributed by atoms with Crippen molar-refractivity contribution < 1.29 is 0 Å². The van der Waals surface area contributed by atoms with Crippen LogP contribution in [0.3, 0.4) is 0 Å². The van der Waals surface area contributed by atoms with Gasteiger partial charge in [-0.15, -0.1) is 5.10 Å². The number of fused-ring (bicyclic) bond motifs is 1. The summed E-state index contributed by atoms with van der Waals surface area (Å²) in [6, 6.07) is 7.64. The summed E-state index contributed by atoms with van der Waals surface area (Å²) >= 11 is 0. The molecule has 5 N–H and O–H groups in total. The van der Waals surface area contributed by atoms with E-state index in [2.05, 4.69) is 20.1 Å². The van der Waals surface area contributed by atoms with E-state index in [4.69, 9.17) is 11.5 Å². The SMILES string of the molecule is Nc1nc(N)n(-c2nc3ccccc3[nH]2)n1. The van der Waals surface area contributed by atoms with Crippen molar-refractivity contribution in [3.63, 3.8) is 0 Å². The van der Waals surface area contributed by atoms with Gasteiger partial charge >= 0.3 is 0 Å². The first-order valence-corrected chi connectivity index (χ1v) is 4.67. The number of aromatic amines is 1. The van der Waals surface area contributed by atoms with Gasteiger partial charge in [0, 0.05) is 0 Å². The van der Waals surface area contributed by atoms with E-state index in [1.54, 1.807) is 0 Å². The molecule has 3 rings (SSSR count). The number of H-pyrrole nitrogens is 1. The predicted molar refractivity (Wildman–Crippen MR) is 59.8 cm³/mol. The van der Waals surface area contributed by atoms with Gasteiger partial charge in [-0.1, -0.05) is 12.1 Å². The van der Waals surface area contributed by atoms with Gasteiger partial charge in [-0.2, -0.15) is 9.67 Å². The number of nitrogens with two attached hydrogens (primary N) is 2. The molecule has 0 bridgehead atoms. The van der Waals surface area contributed by atoms with E-state index in [-0.39, 0.29) is 11.9 Å². The molecule has 2 aromatic heterocycles. The standard InChI is InChI=1S/C9H9N7/c10-7-14-8(11)16(15-7)9-12-5-3-1-2-4-6(5)13-9/h1-4H,(H,12,13)(H4,10,11,14,15). The first-order chi connectivity index (χ1) is 7.74. The van der Waals surface area contributed by atoms with Crippen LogP contribution in [0.2, 0.25) is 0 Å². The summed E-state index contributed by atoms with van der Waals surface area (Å²) < 4.78 is 1.37. The number of hydrogen-bond acceptors (Lipinski definition) is 5. The third-order valence-corrected chi connectivity index (χ3v) is 2.23. The third kappa shape index (κ3) is 1.18. The largest absolute Gasteiger partial charge is 0.368 e. The summed E-state index contributed by atoms with van der Waals surface area (Å²) in [6.07, 6.45) is 0. The van der Waals surface area contributed by atoms with Gasteiger partial charge in [-0.25, -0.2) is 4.98 Å². The smallest absolute Gasteiger partial charge is 0.241 e. The summed E-state index contributed by atoms with van der Waals surface area (Å²) in [7, 11) is 0. The maximum atomic E-state index is 5.64. The summed E-state index contributed by atoms with van der Waals surface area (Å²) in [6.45, 7) is 0. The molecule has 0 aliphatic heterocycles. The van der Waals surface area contributed by atoms with E-state index in [0.29, 0.717) is 5.95 Å². The molecule has 7 nitrogen and oxygen atoms in total. The average Bonchev–Trinajstić information content (AvgIpc) is 2.81. The number of rotatable bonds is 1. The van der Waals surface area contributed by atoms with Gasteiger partial charge in [-0.05, 0) is 12.1 Å². The monoisotopic (exact) mass is 215 g/mol. The number of hydrogen-bond donors (Lipinski definition) is 3. The molecule has 1 aromatic carbocycles.